The van der Waals surface area contributed by atoms with Crippen LogP contribution in [0.5, 0.6) is 6.01 Å². The summed E-state index contributed by atoms with van der Waals surface area (Å²) >= 11 is 6.52. The van der Waals surface area contributed by atoms with E-state index >= 15 is 0 Å². The summed E-state index contributed by atoms with van der Waals surface area (Å²) in [5.41, 5.74) is 3.63. The summed E-state index contributed by atoms with van der Waals surface area (Å²) in [6, 6.07) is 15.5. The van der Waals surface area contributed by atoms with Crippen LogP contribution in [0.2, 0.25) is 5.02 Å². The molecule has 1 aliphatic heterocycles. The zero-order valence-corrected chi connectivity index (χ0v) is 21.4. The van der Waals surface area contributed by atoms with Crippen molar-refractivity contribution < 1.29 is 13.7 Å². The predicted octanol–water partition coefficient (Wildman–Crippen LogP) is 4.15. The summed E-state index contributed by atoms with van der Waals surface area (Å²) in [5.74, 6) is 0. The van der Waals surface area contributed by atoms with E-state index in [-0.39, 0.29) is 12.1 Å². The number of aromatic nitrogens is 2. The molecule has 10 heteroatoms. The number of nitrogens with zero attached hydrogens (tertiary/aromatic N) is 3. The Bertz CT molecular complexity index is 1200. The van der Waals surface area contributed by atoms with Gasteiger partial charge in [-0.2, -0.15) is 0 Å². The summed E-state index contributed by atoms with van der Waals surface area (Å²) in [7, 11) is -2.35. The van der Waals surface area contributed by atoms with Crippen molar-refractivity contribution in [3.8, 4) is 17.1 Å². The largest absolute Gasteiger partial charge is 0.460 e. The van der Waals surface area contributed by atoms with Crippen LogP contribution in [-0.2, 0) is 16.7 Å². The Hall–Kier alpha value is -3.17. The highest BCUT2D eigenvalue weighted by molar-refractivity contribution is 8.02. The van der Waals surface area contributed by atoms with Gasteiger partial charge in [-0.15, -0.1) is 0 Å². The number of piperidine rings is 1. The molecular formula is C25H30ClN5O3S. The number of carbonyl (C=O) groups is 1. The number of ether oxygens (including phenoxy) is 1. The maximum Gasteiger partial charge on any atom is 0.317 e. The number of benzene rings is 2. The Morgan fingerprint density at radius 1 is 1.09 bits per heavy atom. The SMILES string of the molecule is C[SH](C)(=O)Nc1ccc(-c2ccc(CNC(=O)N3CCC(Oc4ncccn4)CC3)c(Cl)c2)cc1. The van der Waals surface area contributed by atoms with Gasteiger partial charge in [0.05, 0.1) is 0 Å². The van der Waals surface area contributed by atoms with E-state index in [9.17, 15) is 9.00 Å². The maximum atomic E-state index is 12.6. The molecule has 2 amide bonds. The molecule has 3 aromatic rings. The number of anilines is 1. The maximum absolute atomic E-state index is 12.6. The van der Waals surface area contributed by atoms with Crippen LogP contribution in [0.15, 0.2) is 60.9 Å². The highest BCUT2D eigenvalue weighted by atomic mass is 35.5. The monoisotopic (exact) mass is 515 g/mol. The standard InChI is InChI=1S/C25H30ClN5O3S/c1-35(2,33)30-21-8-6-18(7-9-21)19-4-5-20(23(26)16-19)17-29-25(32)31-14-10-22(11-15-31)34-24-27-12-3-13-28-24/h3-9,12-13,16,22,35H,10-11,14-15,17H2,1-2H3,(H,29,32)(H,30,33). The van der Waals surface area contributed by atoms with Gasteiger partial charge in [0.2, 0.25) is 0 Å². The number of urea groups is 1. The molecule has 2 aromatic carbocycles. The molecule has 1 fully saturated rings. The molecule has 1 saturated heterocycles. The topological polar surface area (TPSA) is 96.5 Å². The van der Waals surface area contributed by atoms with Gasteiger partial charge >= 0.3 is 12.0 Å². The van der Waals surface area contributed by atoms with Gasteiger partial charge in [0.15, 0.2) is 0 Å². The molecule has 0 aliphatic carbocycles. The first kappa shape index (κ1) is 24.9. The quantitative estimate of drug-likeness (QED) is 0.411. The molecule has 2 N–H and O–H groups in total. The van der Waals surface area contributed by atoms with Gasteiger partial charge in [-0.1, -0.05) is 35.9 Å². The van der Waals surface area contributed by atoms with Crippen molar-refractivity contribution in [2.24, 2.45) is 0 Å². The number of likely N-dealkylation sites (tertiary alicyclic amines) is 1. The van der Waals surface area contributed by atoms with E-state index in [1.54, 1.807) is 35.9 Å². The third-order valence-electron chi connectivity index (χ3n) is 5.64. The Balaban J connectivity index is 1.28. The highest BCUT2D eigenvalue weighted by Gasteiger charge is 2.24. The van der Waals surface area contributed by atoms with Gasteiger partial charge in [0, 0.05) is 68.1 Å². The lowest BCUT2D eigenvalue weighted by Gasteiger charge is -2.31. The van der Waals surface area contributed by atoms with Crippen molar-refractivity contribution in [1.82, 2.24) is 20.2 Å². The van der Waals surface area contributed by atoms with Gasteiger partial charge in [-0.3, -0.25) is 4.21 Å². The summed E-state index contributed by atoms with van der Waals surface area (Å²) in [6.07, 6.45) is 8.13. The van der Waals surface area contributed by atoms with Crippen molar-refractivity contribution in [3.63, 3.8) is 0 Å². The predicted molar refractivity (Wildman–Crippen MR) is 141 cm³/mol. The molecule has 1 aromatic heterocycles. The highest BCUT2D eigenvalue weighted by Crippen LogP contribution is 2.27. The van der Waals surface area contributed by atoms with Crippen LogP contribution >= 0.6 is 11.6 Å². The fraction of sp³-hybridized carbons (Fsp3) is 0.320. The van der Waals surface area contributed by atoms with E-state index < -0.39 is 10.1 Å². The fourth-order valence-corrected chi connectivity index (χ4v) is 4.89. The number of hydrogen-bond acceptors (Lipinski definition) is 5. The van der Waals surface area contributed by atoms with Gasteiger partial charge < -0.3 is 19.7 Å². The normalized spacial score (nSPS) is 14.9. The van der Waals surface area contributed by atoms with E-state index in [1.807, 2.05) is 42.5 Å². The Morgan fingerprint density at radius 2 is 1.74 bits per heavy atom. The van der Waals surface area contributed by atoms with Crippen LogP contribution < -0.4 is 14.8 Å². The smallest absolute Gasteiger partial charge is 0.317 e. The number of hydrogen-bond donors (Lipinski definition) is 3. The third kappa shape index (κ3) is 7.16. The Kier molecular flexibility index (Phi) is 7.87. The van der Waals surface area contributed by atoms with Crippen molar-refractivity contribution in [1.29, 1.82) is 0 Å². The van der Waals surface area contributed by atoms with E-state index in [2.05, 4.69) is 20.0 Å². The Morgan fingerprint density at radius 3 is 2.37 bits per heavy atom. The minimum absolute atomic E-state index is 0.00161. The molecule has 1 aliphatic rings. The van der Waals surface area contributed by atoms with Crippen LogP contribution in [0.4, 0.5) is 10.5 Å². The fourth-order valence-electron chi connectivity index (χ4n) is 3.87. The first-order valence-electron chi connectivity index (χ1n) is 11.5. The molecule has 0 bridgehead atoms. The number of thiol groups is 1. The van der Waals surface area contributed by atoms with Gasteiger partial charge in [-0.25, -0.2) is 14.8 Å². The van der Waals surface area contributed by atoms with E-state index in [4.69, 9.17) is 16.3 Å². The molecule has 35 heavy (non-hydrogen) atoms. The molecule has 186 valence electrons. The van der Waals surface area contributed by atoms with Crippen LogP contribution in [0, 0.1) is 0 Å². The number of rotatable bonds is 7. The second-order valence-electron chi connectivity index (χ2n) is 8.84. The molecule has 0 radical (unpaired) electrons. The molecule has 0 spiro atoms. The van der Waals surface area contributed by atoms with Crippen LogP contribution in [0.3, 0.4) is 0 Å². The number of nitrogens with one attached hydrogen (secondary N) is 2. The van der Waals surface area contributed by atoms with Gasteiger partial charge in [0.25, 0.3) is 0 Å². The van der Waals surface area contributed by atoms with Crippen LogP contribution in [0.1, 0.15) is 18.4 Å². The third-order valence-corrected chi connectivity index (χ3v) is 6.79. The van der Waals surface area contributed by atoms with Crippen molar-refractivity contribution in [2.75, 3.05) is 30.3 Å². The number of carbonyl (C=O) groups excluding carboxylic acids is 1. The molecular weight excluding hydrogens is 486 g/mol. The summed E-state index contributed by atoms with van der Waals surface area (Å²) in [4.78, 5) is 22.6. The molecule has 0 unspecified atom stereocenters. The second-order valence-corrected chi connectivity index (χ2v) is 12.2. The van der Waals surface area contributed by atoms with Crippen molar-refractivity contribution in [2.45, 2.75) is 25.5 Å². The van der Waals surface area contributed by atoms with E-state index in [1.165, 1.54) is 0 Å². The molecule has 4 rings (SSSR count). The average Bonchev–Trinajstić information content (AvgIpc) is 2.84. The minimum Gasteiger partial charge on any atom is -0.460 e. The van der Waals surface area contributed by atoms with Crippen LogP contribution in [0.25, 0.3) is 11.1 Å². The lowest BCUT2D eigenvalue weighted by molar-refractivity contribution is 0.103. The average molecular weight is 516 g/mol. The van der Waals surface area contributed by atoms with Crippen molar-refractivity contribution in [3.05, 3.63) is 71.5 Å². The summed E-state index contributed by atoms with van der Waals surface area (Å²) in [5, 5.41) is 3.55. The number of halogens is 1. The lowest BCUT2D eigenvalue weighted by Crippen LogP contribution is -2.46. The molecule has 0 atom stereocenters. The van der Waals surface area contributed by atoms with E-state index in [0.29, 0.717) is 30.7 Å². The first-order valence-corrected chi connectivity index (χ1v) is 14.4. The summed E-state index contributed by atoms with van der Waals surface area (Å²) in [6.45, 7) is 1.55. The first-order chi connectivity index (χ1) is 16.8. The second kappa shape index (κ2) is 11.0. The van der Waals surface area contributed by atoms with Crippen LogP contribution in [-0.4, -0.2) is 56.8 Å². The zero-order valence-electron chi connectivity index (χ0n) is 19.8. The molecule has 2 heterocycles. The Labute approximate surface area is 211 Å². The molecule has 8 nitrogen and oxygen atoms in total. The zero-order chi connectivity index (χ0) is 24.8. The van der Waals surface area contributed by atoms with E-state index in [0.717, 1.165) is 35.2 Å². The van der Waals surface area contributed by atoms with Gasteiger partial charge in [-0.05, 0) is 51.1 Å². The lowest BCUT2D eigenvalue weighted by atomic mass is 10.0. The summed E-state index contributed by atoms with van der Waals surface area (Å²) < 4.78 is 20.8. The minimum atomic E-state index is -2.35. The van der Waals surface area contributed by atoms with Gasteiger partial charge in [0.1, 0.15) is 6.10 Å². The molecule has 0 saturated carbocycles. The van der Waals surface area contributed by atoms with Crippen molar-refractivity contribution >= 4 is 33.4 Å². The number of amides is 2.